The topological polar surface area (TPSA) is 0 Å². The Kier molecular flexibility index (Phi) is 2.15. The lowest BCUT2D eigenvalue weighted by Crippen LogP contribution is -2.23. The molecule has 0 radical (unpaired) electrons. The molecule has 0 atom stereocenters. The van der Waals surface area contributed by atoms with Crippen LogP contribution in [-0.2, 0) is 0 Å². The Labute approximate surface area is 54.3 Å². The van der Waals surface area contributed by atoms with Crippen molar-refractivity contribution in [3.05, 3.63) is 0 Å². The normalized spacial score (nSPS) is 14.2. The Morgan fingerprint density at radius 2 is 1.00 bits per heavy atom. The molecule has 0 heterocycles. The first-order chi connectivity index (χ1) is 3.25. The van der Waals surface area contributed by atoms with Crippen molar-refractivity contribution in [2.24, 2.45) is 0 Å². The largest absolute Gasteiger partial charge is 0.158 e. The van der Waals surface area contributed by atoms with E-state index in [4.69, 9.17) is 0 Å². The first-order valence-electron chi connectivity index (χ1n) is 3.33. The van der Waals surface area contributed by atoms with Gasteiger partial charge in [0.25, 0.3) is 0 Å². The molecule has 8 heavy (non-hydrogen) atoms. The molecule has 0 nitrogen and oxygen atoms in total. The standard InChI is InChI=1S/C6H18BP/c1-7(2,3)8(4,5)6/h1-6H3. The third kappa shape index (κ3) is 2.18. The third-order valence-corrected chi connectivity index (χ3v) is 6.97. The summed E-state index contributed by atoms with van der Waals surface area (Å²) in [6.07, 6.45) is 0. The van der Waals surface area contributed by atoms with Gasteiger partial charge in [-0.2, -0.15) is 27.6 Å². The molecule has 0 bridgehead atoms. The molecule has 0 saturated heterocycles. The Hall–Kier alpha value is 0.495. The number of hydrogen-bond acceptors (Lipinski definition) is 0. The molecule has 0 rings (SSSR count). The minimum absolute atomic E-state index is 0.0347. The van der Waals surface area contributed by atoms with Crippen LogP contribution in [-0.4, -0.2) is 25.9 Å². The molecule has 0 amide bonds. The molecule has 0 spiro atoms. The van der Waals surface area contributed by atoms with Gasteiger partial charge in [-0.25, -0.2) is 0 Å². The molecule has 50 valence electrons. The van der Waals surface area contributed by atoms with Gasteiger partial charge in [0, 0.05) is 20.0 Å². The van der Waals surface area contributed by atoms with E-state index in [9.17, 15) is 0 Å². The fourth-order valence-corrected chi connectivity index (χ4v) is 0. The second kappa shape index (κ2) is 2.03. The molecular weight excluding hydrogens is 114 g/mol. The van der Waals surface area contributed by atoms with Crippen LogP contribution in [0.3, 0.4) is 0 Å². The van der Waals surface area contributed by atoms with Gasteiger partial charge >= 0.3 is 0 Å². The summed E-state index contributed by atoms with van der Waals surface area (Å²) in [6, 6.07) is 0. The van der Waals surface area contributed by atoms with Crippen molar-refractivity contribution in [1.82, 2.24) is 0 Å². The average molecular weight is 132 g/mol. The predicted octanol–water partition coefficient (Wildman–Crippen LogP) is 2.73. The molecule has 0 unspecified atom stereocenters. The Morgan fingerprint density at radius 1 is 0.875 bits per heavy atom. The summed E-state index contributed by atoms with van der Waals surface area (Å²) < 4.78 is 0. The van der Waals surface area contributed by atoms with Gasteiger partial charge in [-0.05, 0) is 0 Å². The molecular formula is C6H18BP. The monoisotopic (exact) mass is 132 g/mol. The van der Waals surface area contributed by atoms with Gasteiger partial charge in [-0.1, -0.05) is 0 Å². The minimum atomic E-state index is -0.537. The fourth-order valence-electron chi connectivity index (χ4n) is 0. The zero-order chi connectivity index (χ0) is 7.00. The fraction of sp³-hybridized carbons (Fsp3) is 1.00. The highest BCUT2D eigenvalue weighted by molar-refractivity contribution is 8.06. The number of rotatable bonds is 1. The van der Waals surface area contributed by atoms with Crippen LogP contribution in [0.15, 0.2) is 0 Å². The van der Waals surface area contributed by atoms with Crippen LogP contribution in [0, 0.1) is 0 Å². The van der Waals surface area contributed by atoms with Crippen LogP contribution in [0.5, 0.6) is 0 Å². The molecule has 0 fully saturated rings. The van der Waals surface area contributed by atoms with Gasteiger partial charge in [-0.15, -0.1) is 0 Å². The average Bonchev–Trinajstić information content (AvgIpc) is 1.25. The van der Waals surface area contributed by atoms with Gasteiger partial charge in [0.1, 0.15) is 0 Å². The summed E-state index contributed by atoms with van der Waals surface area (Å²) >= 11 is 0. The van der Waals surface area contributed by atoms with Crippen LogP contribution in [0.4, 0.5) is 0 Å². The first-order valence-corrected chi connectivity index (χ1v) is 6.53. The molecule has 0 aromatic carbocycles. The minimum Gasteiger partial charge on any atom is -0.158 e. The van der Waals surface area contributed by atoms with Crippen LogP contribution in [0.25, 0.3) is 0 Å². The second-order valence-electron chi connectivity index (χ2n) is 4.62. The lowest BCUT2D eigenvalue weighted by molar-refractivity contribution is 1.82. The summed E-state index contributed by atoms with van der Waals surface area (Å²) in [5, 5.41) is 0. The maximum atomic E-state index is 2.41. The van der Waals surface area contributed by atoms with E-state index >= 15 is 0 Å². The SMILES string of the molecule is C[B-](C)(C)[P+](C)(C)C. The van der Waals surface area contributed by atoms with Gasteiger partial charge in [0.2, 0.25) is 0 Å². The quantitative estimate of drug-likeness (QED) is 0.380. The van der Waals surface area contributed by atoms with E-state index in [-0.39, 0.29) is 5.87 Å². The van der Waals surface area contributed by atoms with Crippen LogP contribution in [0.2, 0.25) is 20.5 Å². The highest BCUT2D eigenvalue weighted by Gasteiger charge is 2.29. The van der Waals surface area contributed by atoms with E-state index in [1.54, 1.807) is 0 Å². The molecule has 0 aliphatic rings. The third-order valence-electron chi connectivity index (χ3n) is 2.32. The maximum absolute atomic E-state index is 2.41. The molecule has 0 aliphatic carbocycles. The van der Waals surface area contributed by atoms with Crippen LogP contribution in [0.1, 0.15) is 0 Å². The number of hydrogen-bond donors (Lipinski definition) is 0. The predicted molar refractivity (Wildman–Crippen MR) is 48.0 cm³/mol. The summed E-state index contributed by atoms with van der Waals surface area (Å²) in [5.74, 6) is -0.0347. The Bertz CT molecular complexity index is 63.5. The van der Waals surface area contributed by atoms with E-state index < -0.39 is 7.14 Å². The van der Waals surface area contributed by atoms with Gasteiger partial charge in [0.05, 0.1) is 0 Å². The molecule has 0 saturated carbocycles. The van der Waals surface area contributed by atoms with E-state index in [1.807, 2.05) is 0 Å². The molecule has 0 aromatic heterocycles. The van der Waals surface area contributed by atoms with Crippen molar-refractivity contribution in [2.45, 2.75) is 20.5 Å². The van der Waals surface area contributed by atoms with Gasteiger partial charge in [-0.3, -0.25) is 0 Å². The molecule has 0 aliphatic heterocycles. The van der Waals surface area contributed by atoms with Crippen molar-refractivity contribution in [3.8, 4) is 0 Å². The zero-order valence-electron chi connectivity index (χ0n) is 7.02. The molecule has 0 N–H and O–H groups in total. The van der Waals surface area contributed by atoms with Crippen LogP contribution >= 0.6 is 7.14 Å². The first kappa shape index (κ1) is 8.49. The van der Waals surface area contributed by atoms with Crippen molar-refractivity contribution < 1.29 is 0 Å². The van der Waals surface area contributed by atoms with Crippen LogP contribution < -0.4 is 0 Å². The van der Waals surface area contributed by atoms with Crippen molar-refractivity contribution >= 4 is 13.0 Å². The molecule has 2 heteroatoms. The zero-order valence-corrected chi connectivity index (χ0v) is 7.92. The van der Waals surface area contributed by atoms with Crippen molar-refractivity contribution in [1.29, 1.82) is 0 Å². The van der Waals surface area contributed by atoms with Crippen molar-refractivity contribution in [2.75, 3.05) is 20.0 Å². The summed E-state index contributed by atoms with van der Waals surface area (Å²) in [6.45, 7) is 14.4. The molecule has 0 aromatic rings. The summed E-state index contributed by atoms with van der Waals surface area (Å²) in [5.41, 5.74) is 0. The highest BCUT2D eigenvalue weighted by Crippen LogP contribution is 2.56. The lowest BCUT2D eigenvalue weighted by atomic mass is 9.55. The Morgan fingerprint density at radius 3 is 1.00 bits per heavy atom. The maximum Gasteiger partial charge on any atom is 0.158 e. The van der Waals surface area contributed by atoms with E-state index in [0.717, 1.165) is 0 Å². The second-order valence-corrected chi connectivity index (χ2v) is 10.4. The summed E-state index contributed by atoms with van der Waals surface area (Å²) in [7, 11) is -0.537. The van der Waals surface area contributed by atoms with Crippen molar-refractivity contribution in [3.63, 3.8) is 0 Å². The Balaban J connectivity index is 4.02. The van der Waals surface area contributed by atoms with E-state index in [2.05, 4.69) is 40.5 Å². The highest BCUT2D eigenvalue weighted by atomic mass is 31.2. The van der Waals surface area contributed by atoms with Gasteiger partial charge in [0.15, 0.2) is 5.87 Å². The van der Waals surface area contributed by atoms with Gasteiger partial charge < -0.3 is 0 Å². The summed E-state index contributed by atoms with van der Waals surface area (Å²) in [4.78, 5) is 0. The van der Waals surface area contributed by atoms with E-state index in [0.29, 0.717) is 0 Å². The van der Waals surface area contributed by atoms with E-state index in [1.165, 1.54) is 0 Å². The smallest absolute Gasteiger partial charge is 0.158 e. The lowest BCUT2D eigenvalue weighted by Gasteiger charge is -2.33.